The molecule has 9 heteroatoms. The number of benzene rings is 2. The summed E-state index contributed by atoms with van der Waals surface area (Å²) in [6.45, 7) is 2.23. The number of carbonyl (C=O) groups excluding carboxylic acids is 3. The number of amides is 3. The molecule has 2 aromatic rings. The van der Waals surface area contributed by atoms with Gasteiger partial charge in [0, 0.05) is 30.9 Å². The number of halogens is 3. The highest BCUT2D eigenvalue weighted by Crippen LogP contribution is 2.30. The summed E-state index contributed by atoms with van der Waals surface area (Å²) in [5.74, 6) is -1.33. The van der Waals surface area contributed by atoms with Crippen LogP contribution >= 0.6 is 0 Å². The zero-order valence-electron chi connectivity index (χ0n) is 15.1. The molecule has 0 spiro atoms. The highest BCUT2D eigenvalue weighted by atomic mass is 19.4. The summed E-state index contributed by atoms with van der Waals surface area (Å²) >= 11 is 0. The van der Waals surface area contributed by atoms with Crippen molar-refractivity contribution in [1.82, 2.24) is 0 Å². The van der Waals surface area contributed by atoms with Crippen molar-refractivity contribution in [1.29, 1.82) is 0 Å². The van der Waals surface area contributed by atoms with Crippen LogP contribution in [0.25, 0.3) is 0 Å². The third-order valence-corrected chi connectivity index (χ3v) is 3.65. The summed E-state index contributed by atoms with van der Waals surface area (Å²) in [6.07, 6.45) is -4.53. The Morgan fingerprint density at radius 1 is 0.929 bits per heavy atom. The van der Waals surface area contributed by atoms with E-state index < -0.39 is 23.6 Å². The molecule has 0 bridgehead atoms. The topological polar surface area (TPSA) is 78.5 Å². The van der Waals surface area contributed by atoms with E-state index in [1.807, 2.05) is 0 Å². The number of alkyl halides is 3. The van der Waals surface area contributed by atoms with Gasteiger partial charge >= 0.3 is 6.18 Å². The van der Waals surface area contributed by atoms with E-state index in [1.54, 1.807) is 24.3 Å². The molecule has 0 unspecified atom stereocenters. The molecule has 2 rings (SSSR count). The van der Waals surface area contributed by atoms with E-state index >= 15 is 0 Å². The van der Waals surface area contributed by atoms with E-state index in [-0.39, 0.29) is 18.1 Å². The first-order valence-electron chi connectivity index (χ1n) is 8.19. The van der Waals surface area contributed by atoms with Crippen molar-refractivity contribution in [2.75, 3.05) is 22.1 Å². The first kappa shape index (κ1) is 20.9. The number of carbonyl (C=O) groups is 3. The monoisotopic (exact) mass is 393 g/mol. The second-order valence-electron chi connectivity index (χ2n) is 5.96. The Balaban J connectivity index is 2.11. The third-order valence-electron chi connectivity index (χ3n) is 3.65. The van der Waals surface area contributed by atoms with Gasteiger partial charge in [0.05, 0.1) is 5.56 Å². The van der Waals surface area contributed by atoms with E-state index in [4.69, 9.17) is 0 Å². The number of rotatable bonds is 5. The number of anilines is 3. The van der Waals surface area contributed by atoms with Gasteiger partial charge in [-0.05, 0) is 42.5 Å². The molecule has 0 aliphatic rings. The second-order valence-corrected chi connectivity index (χ2v) is 5.96. The lowest BCUT2D eigenvalue weighted by atomic mass is 10.2. The quantitative estimate of drug-likeness (QED) is 0.814. The van der Waals surface area contributed by atoms with Crippen LogP contribution in [0.5, 0.6) is 0 Å². The van der Waals surface area contributed by atoms with Crippen molar-refractivity contribution in [3.63, 3.8) is 0 Å². The van der Waals surface area contributed by atoms with Crippen molar-refractivity contribution in [3.05, 3.63) is 54.1 Å². The SMILES string of the molecule is CC(=O)Nc1ccc(N(CC(=O)Nc2cccc(C(F)(F)F)c2)C(C)=O)cc1. The second kappa shape index (κ2) is 8.55. The van der Waals surface area contributed by atoms with Crippen molar-refractivity contribution in [2.24, 2.45) is 0 Å². The van der Waals surface area contributed by atoms with Crippen LogP contribution < -0.4 is 15.5 Å². The molecule has 0 aliphatic heterocycles. The molecule has 0 aromatic heterocycles. The highest BCUT2D eigenvalue weighted by Gasteiger charge is 2.30. The van der Waals surface area contributed by atoms with E-state index in [0.29, 0.717) is 11.4 Å². The van der Waals surface area contributed by atoms with Crippen LogP contribution in [0.3, 0.4) is 0 Å². The van der Waals surface area contributed by atoms with Crippen molar-refractivity contribution in [2.45, 2.75) is 20.0 Å². The zero-order valence-corrected chi connectivity index (χ0v) is 15.1. The Kier molecular flexibility index (Phi) is 6.40. The van der Waals surface area contributed by atoms with Crippen LogP contribution in [0.15, 0.2) is 48.5 Å². The normalized spacial score (nSPS) is 10.9. The summed E-state index contributed by atoms with van der Waals surface area (Å²) in [7, 11) is 0. The van der Waals surface area contributed by atoms with Gasteiger partial charge in [-0.2, -0.15) is 13.2 Å². The first-order valence-corrected chi connectivity index (χ1v) is 8.19. The van der Waals surface area contributed by atoms with Gasteiger partial charge in [-0.15, -0.1) is 0 Å². The Labute approximate surface area is 159 Å². The molecule has 0 saturated heterocycles. The lowest BCUT2D eigenvalue weighted by molar-refractivity contribution is -0.137. The van der Waals surface area contributed by atoms with Gasteiger partial charge in [-0.25, -0.2) is 0 Å². The molecule has 0 saturated carbocycles. The first-order chi connectivity index (χ1) is 13.1. The summed E-state index contributed by atoms with van der Waals surface area (Å²) in [5, 5.41) is 4.93. The maximum Gasteiger partial charge on any atom is 0.416 e. The molecule has 6 nitrogen and oxygen atoms in total. The van der Waals surface area contributed by atoms with E-state index in [2.05, 4.69) is 10.6 Å². The van der Waals surface area contributed by atoms with Gasteiger partial charge < -0.3 is 15.5 Å². The maximum absolute atomic E-state index is 12.8. The number of nitrogens with zero attached hydrogens (tertiary/aromatic N) is 1. The maximum atomic E-state index is 12.8. The minimum absolute atomic E-state index is 0.0238. The minimum Gasteiger partial charge on any atom is -0.326 e. The molecular weight excluding hydrogens is 375 g/mol. The summed E-state index contributed by atoms with van der Waals surface area (Å²) in [4.78, 5) is 36.4. The molecule has 2 N–H and O–H groups in total. The number of nitrogens with one attached hydrogen (secondary N) is 2. The number of hydrogen-bond acceptors (Lipinski definition) is 3. The predicted octanol–water partition coefficient (Wildman–Crippen LogP) is 3.66. The van der Waals surface area contributed by atoms with Crippen molar-refractivity contribution < 1.29 is 27.6 Å². The van der Waals surface area contributed by atoms with Gasteiger partial charge in [-0.3, -0.25) is 14.4 Å². The lowest BCUT2D eigenvalue weighted by Crippen LogP contribution is -2.36. The Morgan fingerprint density at radius 2 is 1.57 bits per heavy atom. The molecule has 148 valence electrons. The molecule has 0 fully saturated rings. The van der Waals surface area contributed by atoms with E-state index in [0.717, 1.165) is 12.1 Å². The lowest BCUT2D eigenvalue weighted by Gasteiger charge is -2.21. The van der Waals surface area contributed by atoms with E-state index in [1.165, 1.54) is 30.9 Å². The fraction of sp³-hybridized carbons (Fsp3) is 0.211. The van der Waals surface area contributed by atoms with Gasteiger partial charge in [0.1, 0.15) is 6.54 Å². The molecule has 3 amide bonds. The van der Waals surface area contributed by atoms with Gasteiger partial charge in [0.15, 0.2) is 0 Å². The van der Waals surface area contributed by atoms with E-state index in [9.17, 15) is 27.6 Å². The largest absolute Gasteiger partial charge is 0.416 e. The molecule has 0 radical (unpaired) electrons. The standard InChI is InChI=1S/C19H18F3N3O3/c1-12(26)23-15-6-8-17(9-7-15)25(13(2)27)11-18(28)24-16-5-3-4-14(10-16)19(20,21)22/h3-10H,11H2,1-2H3,(H,23,26)(H,24,28). The molecular formula is C19H18F3N3O3. The smallest absolute Gasteiger partial charge is 0.326 e. The average molecular weight is 393 g/mol. The Bertz CT molecular complexity index is 880. The summed E-state index contributed by atoms with van der Waals surface area (Å²) in [5.41, 5.74) is 0.0144. The molecule has 0 aliphatic carbocycles. The Hall–Kier alpha value is -3.36. The molecule has 2 aromatic carbocycles. The van der Waals surface area contributed by atoms with Crippen LogP contribution in [0.1, 0.15) is 19.4 Å². The summed E-state index contributed by atoms with van der Waals surface area (Å²) in [6, 6.07) is 10.4. The van der Waals surface area contributed by atoms with Gasteiger partial charge in [-0.1, -0.05) is 6.07 Å². The average Bonchev–Trinajstić information content (AvgIpc) is 2.59. The minimum atomic E-state index is -4.53. The summed E-state index contributed by atoms with van der Waals surface area (Å²) < 4.78 is 38.3. The van der Waals surface area contributed by atoms with Crippen LogP contribution in [0.2, 0.25) is 0 Å². The van der Waals surface area contributed by atoms with Gasteiger partial charge in [0.25, 0.3) is 0 Å². The van der Waals surface area contributed by atoms with Crippen LogP contribution in [-0.2, 0) is 20.6 Å². The third kappa shape index (κ3) is 5.83. The van der Waals surface area contributed by atoms with Crippen LogP contribution in [0, 0.1) is 0 Å². The van der Waals surface area contributed by atoms with Gasteiger partial charge in [0.2, 0.25) is 17.7 Å². The van der Waals surface area contributed by atoms with Crippen molar-refractivity contribution in [3.8, 4) is 0 Å². The fourth-order valence-corrected chi connectivity index (χ4v) is 2.43. The zero-order chi connectivity index (χ0) is 20.9. The number of hydrogen-bond donors (Lipinski definition) is 2. The van der Waals surface area contributed by atoms with Crippen molar-refractivity contribution >= 4 is 34.8 Å². The molecule has 0 heterocycles. The predicted molar refractivity (Wildman–Crippen MR) is 98.8 cm³/mol. The fourth-order valence-electron chi connectivity index (χ4n) is 2.43. The van der Waals surface area contributed by atoms with Crippen LogP contribution in [0.4, 0.5) is 30.2 Å². The van der Waals surface area contributed by atoms with Crippen LogP contribution in [-0.4, -0.2) is 24.3 Å². The Morgan fingerprint density at radius 3 is 2.11 bits per heavy atom. The molecule has 0 atom stereocenters. The molecule has 28 heavy (non-hydrogen) atoms. The highest BCUT2D eigenvalue weighted by molar-refractivity contribution is 6.02.